The van der Waals surface area contributed by atoms with Crippen LogP contribution in [0.15, 0.2) is 77.9 Å². The number of benzene rings is 2. The highest BCUT2D eigenvalue weighted by atomic mass is 16.5. The summed E-state index contributed by atoms with van der Waals surface area (Å²) in [5, 5.41) is 0. The molecule has 1 heterocycles. The van der Waals surface area contributed by atoms with Gasteiger partial charge in [0.25, 0.3) is 0 Å². The minimum absolute atomic E-state index is 0.0675. The van der Waals surface area contributed by atoms with Crippen LogP contribution in [-0.4, -0.2) is 17.5 Å². The molecule has 0 aromatic heterocycles. The Hall–Kier alpha value is -3.53. The first-order valence-electron chi connectivity index (χ1n) is 15.3. The molecule has 2 saturated carbocycles. The van der Waals surface area contributed by atoms with Crippen molar-refractivity contribution in [3.05, 3.63) is 94.6 Å². The number of ether oxygens (including phenoxy) is 1. The number of fused-ring (bicyclic) bond motifs is 6. The fraction of sp³-hybridized carbons (Fsp3) is 0.432. The van der Waals surface area contributed by atoms with Gasteiger partial charge in [0.1, 0.15) is 11.5 Å². The summed E-state index contributed by atoms with van der Waals surface area (Å²) in [5.41, 5.74) is 5.23. The highest BCUT2D eigenvalue weighted by Gasteiger charge is 2.58. The third kappa shape index (κ3) is 4.05. The molecule has 0 N–H and O–H groups in total. The van der Waals surface area contributed by atoms with Crippen molar-refractivity contribution in [2.24, 2.45) is 34.5 Å². The molecule has 6 atom stereocenters. The molecular formula is C37H38O4. The Balaban J connectivity index is 1.18. The Kier molecular flexibility index (Phi) is 6.12. The number of rotatable bonds is 4. The zero-order chi connectivity index (χ0) is 28.5. The third-order valence-electron chi connectivity index (χ3n) is 11.6. The molecule has 0 unspecified atom stereocenters. The fourth-order valence-electron chi connectivity index (χ4n) is 9.44. The van der Waals surface area contributed by atoms with Crippen LogP contribution in [-0.2, 0) is 9.59 Å². The maximum Gasteiger partial charge on any atom is 0.344 e. The molecule has 7 rings (SSSR count). The van der Waals surface area contributed by atoms with Gasteiger partial charge in [0.05, 0.1) is 5.57 Å². The van der Waals surface area contributed by atoms with Crippen molar-refractivity contribution in [2.75, 3.05) is 0 Å². The molecule has 4 heteroatoms. The van der Waals surface area contributed by atoms with Gasteiger partial charge in [0.2, 0.25) is 0 Å². The van der Waals surface area contributed by atoms with Crippen molar-refractivity contribution < 1.29 is 19.1 Å². The van der Waals surface area contributed by atoms with E-state index >= 15 is 0 Å². The van der Waals surface area contributed by atoms with Crippen LogP contribution in [0.1, 0.15) is 87.2 Å². The average molecular weight is 547 g/mol. The fourth-order valence-corrected chi connectivity index (χ4v) is 9.44. The van der Waals surface area contributed by atoms with Crippen LogP contribution >= 0.6 is 0 Å². The maximum atomic E-state index is 13.1. The van der Waals surface area contributed by atoms with Gasteiger partial charge in [-0.3, -0.25) is 9.59 Å². The summed E-state index contributed by atoms with van der Waals surface area (Å²) in [6.07, 6.45) is 14.4. The molecule has 2 fully saturated rings. The van der Waals surface area contributed by atoms with Gasteiger partial charge in [-0.05, 0) is 116 Å². The molecule has 2 aromatic carbocycles. The number of hydrogen-bond acceptors (Lipinski definition) is 4. The largest absolute Gasteiger partial charge is 0.422 e. The molecule has 210 valence electrons. The van der Waals surface area contributed by atoms with E-state index in [1.54, 1.807) is 37.3 Å². The summed E-state index contributed by atoms with van der Waals surface area (Å²) in [7, 11) is 0. The Bertz CT molecular complexity index is 1560. The highest BCUT2D eigenvalue weighted by molar-refractivity contribution is 6.22. The van der Waals surface area contributed by atoms with Gasteiger partial charge in [-0.15, -0.1) is 0 Å². The minimum atomic E-state index is -0.357. The van der Waals surface area contributed by atoms with Crippen molar-refractivity contribution in [1.82, 2.24) is 0 Å². The van der Waals surface area contributed by atoms with Crippen LogP contribution in [0.5, 0.6) is 5.75 Å². The van der Waals surface area contributed by atoms with E-state index in [1.807, 2.05) is 24.3 Å². The minimum Gasteiger partial charge on any atom is -0.422 e. The first kappa shape index (κ1) is 26.4. The molecule has 5 aliphatic rings. The van der Waals surface area contributed by atoms with Gasteiger partial charge in [0, 0.05) is 22.6 Å². The number of ketones is 2. The number of Topliss-reactive ketones (excluding diaryl/α,β-unsaturated/α-hetero) is 1. The molecule has 4 aliphatic carbocycles. The van der Waals surface area contributed by atoms with Crippen molar-refractivity contribution in [3.63, 3.8) is 0 Å². The van der Waals surface area contributed by atoms with Gasteiger partial charge in [-0.2, -0.15) is 0 Å². The van der Waals surface area contributed by atoms with E-state index in [4.69, 9.17) is 4.74 Å². The number of allylic oxidation sites excluding steroid dienone is 5. The van der Waals surface area contributed by atoms with Gasteiger partial charge in [0.15, 0.2) is 5.78 Å². The summed E-state index contributed by atoms with van der Waals surface area (Å²) >= 11 is 0. The predicted molar refractivity (Wildman–Crippen MR) is 159 cm³/mol. The maximum absolute atomic E-state index is 13.1. The zero-order valence-electron chi connectivity index (χ0n) is 24.2. The second-order valence-corrected chi connectivity index (χ2v) is 13.5. The normalized spacial score (nSPS) is 34.5. The second kappa shape index (κ2) is 9.51. The van der Waals surface area contributed by atoms with Crippen molar-refractivity contribution in [1.29, 1.82) is 0 Å². The third-order valence-corrected chi connectivity index (χ3v) is 11.6. The van der Waals surface area contributed by atoms with Gasteiger partial charge in [-0.1, -0.05) is 56.3 Å². The molecular weight excluding hydrogens is 508 g/mol. The monoisotopic (exact) mass is 546 g/mol. The van der Waals surface area contributed by atoms with E-state index in [-0.39, 0.29) is 28.5 Å². The van der Waals surface area contributed by atoms with Crippen LogP contribution in [0.3, 0.4) is 0 Å². The molecule has 0 spiro atoms. The van der Waals surface area contributed by atoms with E-state index in [0.717, 1.165) is 37.7 Å². The van der Waals surface area contributed by atoms with Crippen LogP contribution in [0.2, 0.25) is 0 Å². The standard InChI is InChI=1S/C37H38O4/c1-22(38)30-12-13-31-27-11-10-26-19-23(15-17-36(26,2)32(27)16-18-37(30,31)3)20-29-28-21-25(9-14-33(28)41-35(29)40)34(39)24-7-5-4-6-8-24/h4-10,14,19-21,27,30-32H,11-13,15-18H2,1-3H3/b29-20-/t27-,30+,31-,32-,36-,37+/m0/s1. The molecule has 4 nitrogen and oxygen atoms in total. The topological polar surface area (TPSA) is 60.4 Å². The Morgan fingerprint density at radius 2 is 1.76 bits per heavy atom. The molecule has 0 saturated heterocycles. The van der Waals surface area contributed by atoms with Gasteiger partial charge in [-0.25, -0.2) is 4.79 Å². The van der Waals surface area contributed by atoms with Gasteiger partial charge >= 0.3 is 5.97 Å². The molecule has 0 radical (unpaired) electrons. The highest BCUT2D eigenvalue weighted by Crippen LogP contribution is 2.66. The first-order valence-corrected chi connectivity index (χ1v) is 15.3. The van der Waals surface area contributed by atoms with Crippen LogP contribution in [0.25, 0.3) is 5.57 Å². The Morgan fingerprint density at radius 3 is 2.54 bits per heavy atom. The first-order chi connectivity index (χ1) is 19.7. The number of hydrogen-bond donors (Lipinski definition) is 0. The SMILES string of the molecule is CC(=O)[C@H]1CC[C@H]2[C@@H]3CC=C4C=C(/C=C5\C(=O)Oc6ccc(C(=O)c7ccccc7)cc65)CC[C@]4(C)[C@H]3CC[C@]12C. The Morgan fingerprint density at radius 1 is 0.951 bits per heavy atom. The molecule has 0 amide bonds. The number of esters is 1. The molecule has 2 aromatic rings. The lowest BCUT2D eigenvalue weighted by Crippen LogP contribution is -2.49. The summed E-state index contributed by atoms with van der Waals surface area (Å²) in [4.78, 5) is 38.5. The molecule has 1 aliphatic heterocycles. The van der Waals surface area contributed by atoms with Crippen molar-refractivity contribution >= 4 is 23.1 Å². The number of carbonyl (C=O) groups is 3. The van der Waals surface area contributed by atoms with Gasteiger partial charge < -0.3 is 4.74 Å². The number of carbonyl (C=O) groups excluding carboxylic acids is 3. The lowest BCUT2D eigenvalue weighted by molar-refractivity contribution is -0.127. The summed E-state index contributed by atoms with van der Waals surface area (Å²) in [6, 6.07) is 14.5. The second-order valence-electron chi connectivity index (χ2n) is 13.5. The lowest BCUT2D eigenvalue weighted by Gasteiger charge is -2.57. The Labute approximate surface area is 242 Å². The van der Waals surface area contributed by atoms with Crippen LogP contribution in [0.4, 0.5) is 0 Å². The molecule has 0 bridgehead atoms. The summed E-state index contributed by atoms with van der Waals surface area (Å²) in [6.45, 7) is 6.65. The zero-order valence-corrected chi connectivity index (χ0v) is 24.2. The van der Waals surface area contributed by atoms with Crippen molar-refractivity contribution in [2.45, 2.75) is 65.7 Å². The predicted octanol–water partition coefficient (Wildman–Crippen LogP) is 7.92. The smallest absolute Gasteiger partial charge is 0.344 e. The van der Waals surface area contributed by atoms with Crippen molar-refractivity contribution in [3.8, 4) is 5.75 Å². The summed E-state index contributed by atoms with van der Waals surface area (Å²) < 4.78 is 5.59. The quantitative estimate of drug-likeness (QED) is 0.169. The lowest BCUT2D eigenvalue weighted by atomic mass is 9.47. The van der Waals surface area contributed by atoms with E-state index in [2.05, 4.69) is 26.0 Å². The van der Waals surface area contributed by atoms with E-state index in [9.17, 15) is 14.4 Å². The van der Waals surface area contributed by atoms with Crippen LogP contribution in [0, 0.1) is 34.5 Å². The average Bonchev–Trinajstić information content (AvgIpc) is 3.49. The van der Waals surface area contributed by atoms with Crippen LogP contribution < -0.4 is 4.74 Å². The van der Waals surface area contributed by atoms with E-state index in [0.29, 0.717) is 51.5 Å². The van der Waals surface area contributed by atoms with E-state index in [1.165, 1.54) is 18.4 Å². The summed E-state index contributed by atoms with van der Waals surface area (Å²) in [5.74, 6) is 2.62. The molecule has 41 heavy (non-hydrogen) atoms. The van der Waals surface area contributed by atoms with E-state index < -0.39 is 0 Å².